The van der Waals surface area contributed by atoms with Crippen LogP contribution in [0.3, 0.4) is 0 Å². The molecule has 0 atom stereocenters. The van der Waals surface area contributed by atoms with E-state index in [0.29, 0.717) is 11.8 Å². The molecule has 5 heteroatoms. The summed E-state index contributed by atoms with van der Waals surface area (Å²) in [5.74, 6) is 1.18. The van der Waals surface area contributed by atoms with Crippen molar-refractivity contribution in [1.29, 1.82) is 0 Å². The molecule has 0 aliphatic heterocycles. The van der Waals surface area contributed by atoms with E-state index in [1.54, 1.807) is 32.6 Å². The molecule has 2 heterocycles. The first-order valence-corrected chi connectivity index (χ1v) is 4.84. The maximum Gasteiger partial charge on any atom is 0.222 e. The molecule has 2 aromatic rings. The van der Waals surface area contributed by atoms with Gasteiger partial charge in [-0.3, -0.25) is 0 Å². The fourth-order valence-corrected chi connectivity index (χ4v) is 1.29. The minimum Gasteiger partial charge on any atom is -0.481 e. The van der Waals surface area contributed by atoms with E-state index in [-0.39, 0.29) is 0 Å². The van der Waals surface area contributed by atoms with Gasteiger partial charge < -0.3 is 10.1 Å². The zero-order valence-electron chi connectivity index (χ0n) is 9.14. The van der Waals surface area contributed by atoms with Crippen molar-refractivity contribution in [2.45, 2.75) is 0 Å². The van der Waals surface area contributed by atoms with Gasteiger partial charge in [0, 0.05) is 31.1 Å². The third-order valence-corrected chi connectivity index (χ3v) is 2.12. The molecule has 0 spiro atoms. The normalized spacial score (nSPS) is 9.88. The Bertz CT molecular complexity index is 470. The second kappa shape index (κ2) is 4.57. The predicted molar refractivity (Wildman–Crippen MR) is 61.4 cm³/mol. The van der Waals surface area contributed by atoms with Crippen molar-refractivity contribution in [2.75, 3.05) is 19.5 Å². The van der Waals surface area contributed by atoms with Gasteiger partial charge in [0.05, 0.1) is 12.8 Å². The predicted octanol–water partition coefficient (Wildman–Crippen LogP) is 1.59. The number of ether oxygens (including phenoxy) is 1. The lowest BCUT2D eigenvalue weighted by atomic mass is 10.2. The maximum absolute atomic E-state index is 4.99. The molecule has 0 bridgehead atoms. The Labute approximate surface area is 93.5 Å². The molecular weight excluding hydrogens is 204 g/mol. The minimum absolute atomic E-state index is 0.589. The lowest BCUT2D eigenvalue weighted by Crippen LogP contribution is -1.97. The van der Waals surface area contributed by atoms with E-state index < -0.39 is 0 Å². The molecule has 0 fully saturated rings. The molecule has 1 N–H and O–H groups in total. The van der Waals surface area contributed by atoms with E-state index in [4.69, 9.17) is 4.74 Å². The van der Waals surface area contributed by atoms with Gasteiger partial charge in [0.2, 0.25) is 11.8 Å². The van der Waals surface area contributed by atoms with Crippen LogP contribution in [-0.2, 0) is 0 Å². The molecule has 2 rings (SSSR count). The van der Waals surface area contributed by atoms with Crippen LogP contribution in [0.1, 0.15) is 0 Å². The quantitative estimate of drug-likeness (QED) is 0.844. The highest BCUT2D eigenvalue weighted by molar-refractivity contribution is 5.59. The molecule has 16 heavy (non-hydrogen) atoms. The van der Waals surface area contributed by atoms with E-state index in [9.17, 15) is 0 Å². The Morgan fingerprint density at radius 3 is 2.69 bits per heavy atom. The highest BCUT2D eigenvalue weighted by Crippen LogP contribution is 2.18. The number of nitrogens with zero attached hydrogens (tertiary/aromatic N) is 3. The highest BCUT2D eigenvalue weighted by atomic mass is 16.5. The molecule has 0 aromatic carbocycles. The zero-order valence-corrected chi connectivity index (χ0v) is 9.14. The molecule has 0 radical (unpaired) electrons. The summed E-state index contributed by atoms with van der Waals surface area (Å²) in [6.07, 6.45) is 3.43. The number of hydrogen-bond acceptors (Lipinski definition) is 5. The van der Waals surface area contributed by atoms with Crippen molar-refractivity contribution < 1.29 is 4.74 Å². The Morgan fingerprint density at radius 1 is 1.19 bits per heavy atom. The fourth-order valence-electron chi connectivity index (χ4n) is 1.29. The number of anilines is 1. The first kappa shape index (κ1) is 10.4. The Morgan fingerprint density at radius 2 is 2.06 bits per heavy atom. The highest BCUT2D eigenvalue weighted by Gasteiger charge is 2.02. The topological polar surface area (TPSA) is 59.9 Å². The molecule has 0 unspecified atom stereocenters. The Hall–Kier alpha value is -2.17. The van der Waals surface area contributed by atoms with Crippen LogP contribution in [0.2, 0.25) is 0 Å². The number of methoxy groups -OCH3 is 1. The summed E-state index contributed by atoms with van der Waals surface area (Å²) in [7, 11) is 3.37. The SMILES string of the molecule is CNc1nccc(-c2ccc(OC)nc2)n1. The van der Waals surface area contributed by atoms with Gasteiger partial charge in [-0.05, 0) is 12.1 Å². The smallest absolute Gasteiger partial charge is 0.222 e. The molecule has 0 saturated carbocycles. The van der Waals surface area contributed by atoms with E-state index >= 15 is 0 Å². The molecule has 5 nitrogen and oxygen atoms in total. The van der Waals surface area contributed by atoms with Crippen molar-refractivity contribution in [2.24, 2.45) is 0 Å². The number of pyridine rings is 1. The van der Waals surface area contributed by atoms with Crippen LogP contribution in [0, 0.1) is 0 Å². The third kappa shape index (κ3) is 2.08. The van der Waals surface area contributed by atoms with Gasteiger partial charge >= 0.3 is 0 Å². The average molecular weight is 216 g/mol. The summed E-state index contributed by atoms with van der Waals surface area (Å²) in [5, 5.41) is 2.89. The summed E-state index contributed by atoms with van der Waals surface area (Å²) in [6.45, 7) is 0. The van der Waals surface area contributed by atoms with Crippen LogP contribution in [0.4, 0.5) is 5.95 Å². The number of aromatic nitrogens is 3. The molecule has 82 valence electrons. The average Bonchev–Trinajstić information content (AvgIpc) is 2.39. The first-order chi connectivity index (χ1) is 7.83. The van der Waals surface area contributed by atoms with Crippen LogP contribution in [0.25, 0.3) is 11.3 Å². The summed E-state index contributed by atoms with van der Waals surface area (Å²) >= 11 is 0. The summed E-state index contributed by atoms with van der Waals surface area (Å²) in [5.41, 5.74) is 1.76. The molecule has 0 saturated heterocycles. The van der Waals surface area contributed by atoms with E-state index in [1.165, 1.54) is 0 Å². The minimum atomic E-state index is 0.589. The molecule has 0 aliphatic rings. The van der Waals surface area contributed by atoms with Crippen molar-refractivity contribution in [1.82, 2.24) is 15.0 Å². The second-order valence-electron chi connectivity index (χ2n) is 3.10. The van der Waals surface area contributed by atoms with Gasteiger partial charge in [-0.2, -0.15) is 0 Å². The first-order valence-electron chi connectivity index (χ1n) is 4.84. The van der Waals surface area contributed by atoms with Crippen molar-refractivity contribution in [3.05, 3.63) is 30.6 Å². The lowest BCUT2D eigenvalue weighted by molar-refractivity contribution is 0.398. The number of hydrogen-bond donors (Lipinski definition) is 1. The molecule has 2 aromatic heterocycles. The van der Waals surface area contributed by atoms with Crippen LogP contribution < -0.4 is 10.1 Å². The van der Waals surface area contributed by atoms with E-state index in [0.717, 1.165) is 11.3 Å². The van der Waals surface area contributed by atoms with Crippen LogP contribution in [0.15, 0.2) is 30.6 Å². The molecular formula is C11H12N4O. The van der Waals surface area contributed by atoms with E-state index in [2.05, 4.69) is 20.3 Å². The number of nitrogens with one attached hydrogen (secondary N) is 1. The van der Waals surface area contributed by atoms with Gasteiger partial charge in [0.15, 0.2) is 0 Å². The second-order valence-corrected chi connectivity index (χ2v) is 3.10. The van der Waals surface area contributed by atoms with Gasteiger partial charge in [-0.1, -0.05) is 0 Å². The third-order valence-electron chi connectivity index (χ3n) is 2.12. The number of rotatable bonds is 3. The largest absolute Gasteiger partial charge is 0.481 e. The van der Waals surface area contributed by atoms with Gasteiger partial charge in [-0.25, -0.2) is 15.0 Å². The summed E-state index contributed by atoms with van der Waals surface area (Å²) in [4.78, 5) is 12.5. The summed E-state index contributed by atoms with van der Waals surface area (Å²) in [6, 6.07) is 5.55. The monoisotopic (exact) mass is 216 g/mol. The maximum atomic E-state index is 4.99. The van der Waals surface area contributed by atoms with Gasteiger partial charge in [0.25, 0.3) is 0 Å². The van der Waals surface area contributed by atoms with Gasteiger partial charge in [-0.15, -0.1) is 0 Å². The van der Waals surface area contributed by atoms with Crippen molar-refractivity contribution in [3.63, 3.8) is 0 Å². The summed E-state index contributed by atoms with van der Waals surface area (Å²) < 4.78 is 4.99. The molecule has 0 aliphatic carbocycles. The van der Waals surface area contributed by atoms with Crippen LogP contribution in [-0.4, -0.2) is 29.1 Å². The van der Waals surface area contributed by atoms with Crippen molar-refractivity contribution in [3.8, 4) is 17.1 Å². The fraction of sp³-hybridized carbons (Fsp3) is 0.182. The van der Waals surface area contributed by atoms with Gasteiger partial charge in [0.1, 0.15) is 0 Å². The lowest BCUT2D eigenvalue weighted by Gasteiger charge is -2.03. The standard InChI is InChI=1S/C11H12N4O/c1-12-11-13-6-5-9(15-11)8-3-4-10(16-2)14-7-8/h3-7H,1-2H3,(H,12,13,15). The Balaban J connectivity index is 2.34. The van der Waals surface area contributed by atoms with E-state index in [1.807, 2.05) is 12.1 Å². The van der Waals surface area contributed by atoms with Crippen LogP contribution >= 0.6 is 0 Å². The zero-order chi connectivity index (χ0) is 11.4. The Kier molecular flexibility index (Phi) is 2.95. The van der Waals surface area contributed by atoms with Crippen molar-refractivity contribution >= 4 is 5.95 Å². The molecule has 0 amide bonds. The van der Waals surface area contributed by atoms with Crippen LogP contribution in [0.5, 0.6) is 5.88 Å².